The van der Waals surface area contributed by atoms with Crippen molar-refractivity contribution < 1.29 is 52.2 Å². The number of esters is 3. The first-order chi connectivity index (χ1) is 41.2. The summed E-state index contributed by atoms with van der Waals surface area (Å²) in [5, 5.41) is 9.88. The minimum absolute atomic E-state index is 0.157. The number of hydrogen-bond acceptors (Lipinski definition) is 10. The summed E-state index contributed by atoms with van der Waals surface area (Å²) in [4.78, 5) is 48.9. The Morgan fingerprint density at radius 3 is 0.988 bits per heavy atom. The van der Waals surface area contributed by atoms with E-state index in [1.54, 1.807) is 0 Å². The van der Waals surface area contributed by atoms with Gasteiger partial charge in [-0.2, -0.15) is 0 Å². The summed E-state index contributed by atoms with van der Waals surface area (Å²) in [5.41, 5.74) is 0. The number of carbonyl (C=O) groups excluding carboxylic acids is 3. The molecule has 3 unspecified atom stereocenters. The molecule has 0 aromatic rings. The lowest BCUT2D eigenvalue weighted by Gasteiger charge is -2.21. The van der Waals surface area contributed by atoms with Gasteiger partial charge in [-0.15, -0.1) is 0 Å². The maximum atomic E-state index is 13.0. The third-order valence-corrected chi connectivity index (χ3v) is 15.7. The topological polar surface area (TPSA) is 155 Å². The van der Waals surface area contributed by atoms with Crippen molar-refractivity contribution in [2.45, 2.75) is 328 Å². The van der Waals surface area contributed by atoms with Crippen LogP contribution in [-0.4, -0.2) is 66.5 Å². The van der Waals surface area contributed by atoms with E-state index in [4.69, 9.17) is 23.3 Å². The fourth-order valence-corrected chi connectivity index (χ4v) is 10.3. The van der Waals surface area contributed by atoms with Crippen molar-refractivity contribution in [2.24, 2.45) is 0 Å². The number of carbonyl (C=O) groups is 3. The molecule has 486 valence electrons. The number of hydrogen-bond donors (Lipinski definition) is 2. The van der Waals surface area contributed by atoms with Crippen LogP contribution in [0.15, 0.2) is 85.1 Å². The fraction of sp³-hybridized carbons (Fsp3) is 0.764. The van der Waals surface area contributed by atoms with Crippen LogP contribution in [0.25, 0.3) is 0 Å². The maximum Gasteiger partial charge on any atom is 0.472 e. The molecule has 0 fully saturated rings. The van der Waals surface area contributed by atoms with Gasteiger partial charge in [0.25, 0.3) is 0 Å². The Bertz CT molecular complexity index is 1730. The van der Waals surface area contributed by atoms with Gasteiger partial charge in [-0.3, -0.25) is 23.4 Å². The number of unbranched alkanes of at least 4 members (excludes halogenated alkanes) is 33. The van der Waals surface area contributed by atoms with Gasteiger partial charge in [0.05, 0.1) is 19.8 Å². The molecule has 0 radical (unpaired) electrons. The lowest BCUT2D eigenvalue weighted by molar-refractivity contribution is -0.161. The van der Waals surface area contributed by atoms with Gasteiger partial charge in [-0.05, 0) is 116 Å². The third-order valence-electron chi connectivity index (χ3n) is 14.8. The highest BCUT2D eigenvalue weighted by atomic mass is 31.2. The van der Waals surface area contributed by atoms with Gasteiger partial charge in [0, 0.05) is 19.3 Å². The molecule has 0 aromatic carbocycles. The number of rotatable bonds is 64. The molecule has 0 aromatic heterocycles. The molecule has 0 saturated heterocycles. The predicted molar refractivity (Wildman–Crippen MR) is 353 cm³/mol. The van der Waals surface area contributed by atoms with Gasteiger partial charge >= 0.3 is 25.7 Å². The quantitative estimate of drug-likeness (QED) is 0.0197. The molecular formula is C72H127O11P. The molecule has 0 aliphatic rings. The zero-order valence-corrected chi connectivity index (χ0v) is 55.0. The first kappa shape index (κ1) is 80.7. The lowest BCUT2D eigenvalue weighted by atomic mass is 10.1. The number of aliphatic hydroxyl groups excluding tert-OH is 1. The molecular weight excluding hydrogens is 1070 g/mol. The molecule has 12 heteroatoms. The summed E-state index contributed by atoms with van der Waals surface area (Å²) in [5.74, 6) is -1.47. The Balaban J connectivity index is 4.70. The van der Waals surface area contributed by atoms with E-state index < -0.39 is 57.8 Å². The molecule has 2 N–H and O–H groups in total. The molecule has 0 spiro atoms. The summed E-state index contributed by atoms with van der Waals surface area (Å²) >= 11 is 0. The second kappa shape index (κ2) is 65.6. The van der Waals surface area contributed by atoms with Crippen LogP contribution in [-0.2, 0) is 42.2 Å². The molecule has 0 aliphatic heterocycles. The molecule has 0 amide bonds. The average molecular weight is 1200 g/mol. The van der Waals surface area contributed by atoms with E-state index in [1.807, 2.05) is 0 Å². The van der Waals surface area contributed by atoms with Crippen LogP contribution in [0.1, 0.15) is 316 Å². The largest absolute Gasteiger partial charge is 0.472 e. The van der Waals surface area contributed by atoms with E-state index in [0.29, 0.717) is 19.3 Å². The van der Waals surface area contributed by atoms with Crippen LogP contribution >= 0.6 is 7.82 Å². The van der Waals surface area contributed by atoms with Crippen molar-refractivity contribution in [1.82, 2.24) is 0 Å². The molecule has 3 atom stereocenters. The Morgan fingerprint density at radius 2 is 0.619 bits per heavy atom. The van der Waals surface area contributed by atoms with E-state index in [1.165, 1.54) is 141 Å². The van der Waals surface area contributed by atoms with Crippen molar-refractivity contribution >= 4 is 25.7 Å². The zero-order valence-electron chi connectivity index (χ0n) is 54.1. The Labute approximate surface area is 515 Å². The second-order valence-electron chi connectivity index (χ2n) is 23.0. The van der Waals surface area contributed by atoms with E-state index in [9.17, 15) is 28.9 Å². The Morgan fingerprint density at radius 1 is 0.345 bits per heavy atom. The van der Waals surface area contributed by atoms with Crippen molar-refractivity contribution in [3.63, 3.8) is 0 Å². The Kier molecular flexibility index (Phi) is 63.0. The lowest BCUT2D eigenvalue weighted by Crippen LogP contribution is -2.30. The summed E-state index contributed by atoms with van der Waals surface area (Å²) < 4.78 is 39.8. The average Bonchev–Trinajstić information content (AvgIpc) is 3.55. The highest BCUT2D eigenvalue weighted by Gasteiger charge is 2.28. The van der Waals surface area contributed by atoms with Crippen LogP contribution in [0.3, 0.4) is 0 Å². The monoisotopic (exact) mass is 1200 g/mol. The third kappa shape index (κ3) is 63.2. The molecule has 0 rings (SSSR count). The molecule has 84 heavy (non-hydrogen) atoms. The van der Waals surface area contributed by atoms with Gasteiger partial charge < -0.3 is 24.2 Å². The van der Waals surface area contributed by atoms with Crippen molar-refractivity contribution in [1.29, 1.82) is 0 Å². The zero-order chi connectivity index (χ0) is 61.2. The number of phosphoric acid groups is 1. The van der Waals surface area contributed by atoms with E-state index in [-0.39, 0.29) is 25.9 Å². The second-order valence-corrected chi connectivity index (χ2v) is 24.4. The minimum atomic E-state index is -4.77. The highest BCUT2D eigenvalue weighted by molar-refractivity contribution is 7.47. The summed E-state index contributed by atoms with van der Waals surface area (Å²) in [6.45, 7) is 4.54. The molecule has 0 bridgehead atoms. The molecule has 0 heterocycles. The summed E-state index contributed by atoms with van der Waals surface area (Å²) in [6.07, 6.45) is 78.1. The minimum Gasteiger partial charge on any atom is -0.462 e. The number of aliphatic hydroxyl groups is 1. The Hall–Kier alpha value is -3.34. The summed E-state index contributed by atoms with van der Waals surface area (Å²) in [7, 11) is -4.77. The van der Waals surface area contributed by atoms with Crippen molar-refractivity contribution in [3.8, 4) is 0 Å². The predicted octanol–water partition coefficient (Wildman–Crippen LogP) is 21.4. The molecule has 0 aliphatic carbocycles. The van der Waals surface area contributed by atoms with Crippen LogP contribution in [0.5, 0.6) is 0 Å². The van der Waals surface area contributed by atoms with Gasteiger partial charge in [0.1, 0.15) is 12.7 Å². The van der Waals surface area contributed by atoms with Gasteiger partial charge in [0.2, 0.25) is 0 Å². The van der Waals surface area contributed by atoms with Gasteiger partial charge in [-0.25, -0.2) is 4.57 Å². The highest BCUT2D eigenvalue weighted by Crippen LogP contribution is 2.43. The molecule has 11 nitrogen and oxygen atoms in total. The number of allylic oxidation sites excluding steroid dienone is 14. The van der Waals surface area contributed by atoms with E-state index >= 15 is 0 Å². The van der Waals surface area contributed by atoms with E-state index in [0.717, 1.165) is 116 Å². The summed E-state index contributed by atoms with van der Waals surface area (Å²) in [6, 6.07) is 0. The first-order valence-electron chi connectivity index (χ1n) is 34.5. The maximum absolute atomic E-state index is 13.0. The standard InChI is InChI=1S/C72H127O11P/c1-4-7-10-13-16-19-22-25-28-31-34-37-40-43-46-49-52-55-58-61-70(74)79-65-69(83-72(76)63-60-57-54-51-48-45-42-39-36-33-30-27-24-21-18-15-12-9-6-3)67-81-84(77,78)80-66-68(64-73)82-71(75)62-59-56-53-50-47-44-41-38-35-32-29-26-23-20-17-14-11-8-5-2/h7,10,16,18-19,21,25-30,34,37,68-69,73H,4-6,8-9,11-15,17,20,22-24,31-33,35-36,38-67H2,1-3H3,(H,77,78)/b10-7-,19-16-,21-18-,28-25-,29-26-,30-27-,37-34-. The van der Waals surface area contributed by atoms with Gasteiger partial charge in [-0.1, -0.05) is 266 Å². The first-order valence-corrected chi connectivity index (χ1v) is 36.0. The number of ether oxygens (including phenoxy) is 3. The van der Waals surface area contributed by atoms with Gasteiger partial charge in [0.15, 0.2) is 6.10 Å². The van der Waals surface area contributed by atoms with Crippen LogP contribution in [0.2, 0.25) is 0 Å². The van der Waals surface area contributed by atoms with E-state index in [2.05, 4.69) is 106 Å². The SMILES string of the molecule is CC/C=C\C/C=C\C/C=C\C/C=C\CCCCCCCCC(=O)OCC(COP(=O)(O)OCC(CO)OC(=O)CCCCCCCCCCC/C=C\CCCCCCCC)OC(=O)CCCCCCCCCCC/C=C\C/C=C\CCCCC. The van der Waals surface area contributed by atoms with Crippen LogP contribution in [0, 0.1) is 0 Å². The van der Waals surface area contributed by atoms with Crippen molar-refractivity contribution in [2.75, 3.05) is 26.4 Å². The van der Waals surface area contributed by atoms with Crippen LogP contribution < -0.4 is 0 Å². The fourth-order valence-electron chi connectivity index (χ4n) is 9.55. The van der Waals surface area contributed by atoms with Crippen LogP contribution in [0.4, 0.5) is 0 Å². The van der Waals surface area contributed by atoms with Crippen molar-refractivity contribution in [3.05, 3.63) is 85.1 Å². The smallest absolute Gasteiger partial charge is 0.462 e. The molecule has 0 saturated carbocycles. The number of phosphoric ester groups is 1. The normalized spacial score (nSPS) is 13.7.